The number of nitrogens with one attached hydrogen (secondary N) is 4. The molecule has 12 heavy (non-hydrogen) atoms. The Hall–Kier alpha value is 1.22. The molecule has 0 aromatic heterocycles. The van der Waals surface area contributed by atoms with Gasteiger partial charge in [-0.25, -0.2) is 0 Å². The van der Waals surface area contributed by atoms with Gasteiger partial charge < -0.3 is 22.9 Å². The van der Waals surface area contributed by atoms with Crippen LogP contribution in [0.2, 0.25) is 0 Å². The van der Waals surface area contributed by atoms with Crippen LogP contribution in [0, 0.1) is 0 Å². The van der Waals surface area contributed by atoms with Crippen molar-refractivity contribution in [1.29, 1.82) is 0 Å². The van der Waals surface area contributed by atoms with Crippen LogP contribution < -0.4 is 0 Å². The largest absolute Gasteiger partial charge is 0.679 e. The van der Waals surface area contributed by atoms with Crippen molar-refractivity contribution < 1.29 is 10.9 Å². The average molecular weight is 281 g/mol. The molecule has 0 radical (unpaired) electrons. The van der Waals surface area contributed by atoms with Gasteiger partial charge in [0.25, 0.3) is 0 Å². The van der Waals surface area contributed by atoms with Crippen molar-refractivity contribution in [1.82, 2.24) is 0 Å². The molecular formula is C4H12Cl3CoN4-4. The van der Waals surface area contributed by atoms with E-state index in [9.17, 15) is 0 Å². The van der Waals surface area contributed by atoms with E-state index in [0.717, 1.165) is 0 Å². The van der Waals surface area contributed by atoms with E-state index in [1.807, 2.05) is 0 Å². The van der Waals surface area contributed by atoms with Crippen molar-refractivity contribution in [2.45, 2.75) is 0 Å². The molecule has 0 spiro atoms. The second-order valence-electron chi connectivity index (χ2n) is 1.14. The Bertz CT molecular complexity index is 48.8. The van der Waals surface area contributed by atoms with E-state index < -0.39 is 10.9 Å². The summed E-state index contributed by atoms with van der Waals surface area (Å²) in [6, 6.07) is 0. The third kappa shape index (κ3) is 113. The molecule has 82 valence electrons. The molecule has 0 aliphatic heterocycles. The van der Waals surface area contributed by atoms with Crippen LogP contribution in [0.15, 0.2) is 0 Å². The van der Waals surface area contributed by atoms with Crippen molar-refractivity contribution in [3.63, 3.8) is 0 Å². The fourth-order valence-corrected chi connectivity index (χ4v) is 0. The molecule has 0 aromatic carbocycles. The summed E-state index contributed by atoms with van der Waals surface area (Å²) in [7, 11) is 13.4. The summed E-state index contributed by atoms with van der Waals surface area (Å²) in [5.74, 6) is 0. The first-order chi connectivity index (χ1) is 5.56. The van der Waals surface area contributed by atoms with Crippen molar-refractivity contribution in [3.8, 4) is 0 Å². The number of halogens is 3. The first-order valence-electron chi connectivity index (χ1n) is 2.79. The van der Waals surface area contributed by atoms with Crippen molar-refractivity contribution in [3.05, 3.63) is 22.9 Å². The second kappa shape index (κ2) is 22.8. The summed E-state index contributed by atoms with van der Waals surface area (Å²) in [4.78, 5) is 0. The molecule has 0 aromatic rings. The molecule has 0 amide bonds. The molecule has 4 nitrogen and oxygen atoms in total. The van der Waals surface area contributed by atoms with E-state index in [4.69, 9.17) is 53.4 Å². The van der Waals surface area contributed by atoms with E-state index in [2.05, 4.69) is 0 Å². The molecule has 0 saturated heterocycles. The van der Waals surface area contributed by atoms with Gasteiger partial charge >= 0.3 is 41.4 Å². The minimum Gasteiger partial charge on any atom is -0.679 e. The van der Waals surface area contributed by atoms with Gasteiger partial charge in [-0.1, -0.05) is 0 Å². The van der Waals surface area contributed by atoms with E-state index in [1.165, 1.54) is 0 Å². The van der Waals surface area contributed by atoms with Crippen LogP contribution in [0.3, 0.4) is 0 Å². The Morgan fingerprint density at radius 1 is 0.667 bits per heavy atom. The van der Waals surface area contributed by atoms with Gasteiger partial charge in [-0.2, -0.15) is 26.2 Å². The average Bonchev–Trinajstić information content (AvgIpc) is 2.03. The van der Waals surface area contributed by atoms with Crippen LogP contribution >= 0.6 is 30.4 Å². The van der Waals surface area contributed by atoms with Gasteiger partial charge in [0.05, 0.1) is 0 Å². The molecule has 0 heterocycles. The molecule has 0 bridgehead atoms. The molecule has 8 heteroatoms. The van der Waals surface area contributed by atoms with Gasteiger partial charge in [0, 0.05) is 0 Å². The van der Waals surface area contributed by atoms with Crippen LogP contribution in [0.5, 0.6) is 0 Å². The quantitative estimate of drug-likeness (QED) is 0.723. The molecule has 0 unspecified atom stereocenters. The summed E-state index contributed by atoms with van der Waals surface area (Å²) in [5, 5.41) is 0. The smallest absolute Gasteiger partial charge is 0.171 e. The molecule has 0 aliphatic rings. The van der Waals surface area contributed by atoms with Crippen molar-refractivity contribution in [2.24, 2.45) is 0 Å². The number of rotatable bonds is 2. The fraction of sp³-hybridized carbons (Fsp3) is 1.00. The standard InChI is InChI=1S/2C2H6N2.3ClH.Co/c2*3-1-2-4;;;;/h2*3-4H,1-2H2;3*1H;/q2*-2;;;;+3/p-3. The van der Waals surface area contributed by atoms with Gasteiger partial charge in [0.15, 0.2) is 0 Å². The monoisotopic (exact) mass is 280 g/mol. The molecule has 0 fully saturated rings. The predicted molar refractivity (Wildman–Crippen MR) is 54.3 cm³/mol. The maximum Gasteiger partial charge on any atom is -0.171 e. The fourth-order valence-electron chi connectivity index (χ4n) is 0. The molecule has 0 atom stereocenters. The van der Waals surface area contributed by atoms with Crippen molar-refractivity contribution in [2.75, 3.05) is 26.2 Å². The summed E-state index contributed by atoms with van der Waals surface area (Å²) in [6.07, 6.45) is 0. The molecule has 0 rings (SSSR count). The third-order valence-corrected chi connectivity index (χ3v) is 0.250. The predicted octanol–water partition coefficient (Wildman–Crippen LogP) is 4.25. The zero-order valence-electron chi connectivity index (χ0n) is 6.30. The zero-order valence-corrected chi connectivity index (χ0v) is 9.60. The van der Waals surface area contributed by atoms with E-state index in [1.54, 1.807) is 0 Å². The minimum atomic E-state index is -1.19. The molecular weight excluding hydrogens is 269 g/mol. The van der Waals surface area contributed by atoms with E-state index in [0.29, 0.717) is 0 Å². The van der Waals surface area contributed by atoms with Crippen LogP contribution in [-0.4, -0.2) is 26.2 Å². The maximum absolute atomic E-state index is 6.26. The van der Waals surface area contributed by atoms with Crippen LogP contribution in [-0.2, 0) is 10.9 Å². The van der Waals surface area contributed by atoms with E-state index in [-0.39, 0.29) is 26.2 Å². The molecule has 0 aliphatic carbocycles. The summed E-state index contributed by atoms with van der Waals surface area (Å²) < 4.78 is 0. The van der Waals surface area contributed by atoms with Gasteiger partial charge in [-0.05, 0) is 0 Å². The molecule has 4 N–H and O–H groups in total. The number of hydrogen-bond donors (Lipinski definition) is 0. The van der Waals surface area contributed by atoms with Crippen LogP contribution in [0.4, 0.5) is 0 Å². The Kier molecular flexibility index (Phi) is 35.9. The second-order valence-corrected chi connectivity index (χ2v) is 6.30. The van der Waals surface area contributed by atoms with Gasteiger partial charge in [0.2, 0.25) is 0 Å². The van der Waals surface area contributed by atoms with Crippen LogP contribution in [0.25, 0.3) is 22.9 Å². The summed E-state index contributed by atoms with van der Waals surface area (Å²) in [5.41, 5.74) is 25.1. The molecule has 0 saturated carbocycles. The number of hydrogen-bond acceptors (Lipinski definition) is 0. The van der Waals surface area contributed by atoms with Gasteiger partial charge in [-0.15, -0.1) is 0 Å². The van der Waals surface area contributed by atoms with Crippen LogP contribution in [0.1, 0.15) is 0 Å². The topological polar surface area (TPSA) is 95.2 Å². The SMILES string of the molecule is [Cl][Co]([Cl])[Cl].[NH-]CC[NH-].[NH-]CC[NH-]. The Labute approximate surface area is 90.4 Å². The van der Waals surface area contributed by atoms with Gasteiger partial charge in [-0.3, -0.25) is 0 Å². The Balaban J connectivity index is -0.000000101. The Morgan fingerprint density at radius 2 is 0.750 bits per heavy atom. The minimum absolute atomic E-state index is 0.236. The van der Waals surface area contributed by atoms with Gasteiger partial charge in [0.1, 0.15) is 0 Å². The Morgan fingerprint density at radius 3 is 0.750 bits per heavy atom. The van der Waals surface area contributed by atoms with Crippen molar-refractivity contribution >= 4 is 30.4 Å². The first-order valence-corrected chi connectivity index (χ1v) is 7.09. The maximum atomic E-state index is 6.26. The normalized spacial score (nSPS) is 8.75. The first kappa shape index (κ1) is 18.9. The zero-order chi connectivity index (χ0) is 10.4. The third-order valence-electron chi connectivity index (χ3n) is 0.250. The summed E-state index contributed by atoms with van der Waals surface area (Å²) >= 11 is 0. The van der Waals surface area contributed by atoms with E-state index >= 15 is 0 Å². The summed E-state index contributed by atoms with van der Waals surface area (Å²) in [6.45, 7) is 0.944.